The predicted octanol–water partition coefficient (Wildman–Crippen LogP) is 3.92. The van der Waals surface area contributed by atoms with Crippen molar-refractivity contribution in [1.82, 2.24) is 4.98 Å². The third-order valence-electron chi connectivity index (χ3n) is 3.71. The number of pyridine rings is 1. The van der Waals surface area contributed by atoms with Gasteiger partial charge in [-0.2, -0.15) is 0 Å². The lowest BCUT2D eigenvalue weighted by molar-refractivity contribution is 0.637. The van der Waals surface area contributed by atoms with E-state index in [4.69, 9.17) is 5.73 Å². The van der Waals surface area contributed by atoms with E-state index in [1.54, 1.807) is 12.1 Å². The SMILES string of the molecule is Cc1ccc(CC(N)c2ccc(F)c3ccccc23)nc1. The smallest absolute Gasteiger partial charge is 0.131 e. The zero-order valence-corrected chi connectivity index (χ0v) is 11.9. The highest BCUT2D eigenvalue weighted by Crippen LogP contribution is 2.27. The third kappa shape index (κ3) is 2.78. The number of rotatable bonds is 3. The second kappa shape index (κ2) is 5.62. The van der Waals surface area contributed by atoms with Gasteiger partial charge in [-0.05, 0) is 35.6 Å². The lowest BCUT2D eigenvalue weighted by Gasteiger charge is -2.15. The molecule has 106 valence electrons. The number of benzene rings is 2. The van der Waals surface area contributed by atoms with Gasteiger partial charge in [0.1, 0.15) is 5.82 Å². The van der Waals surface area contributed by atoms with E-state index >= 15 is 0 Å². The summed E-state index contributed by atoms with van der Waals surface area (Å²) in [7, 11) is 0. The van der Waals surface area contributed by atoms with Crippen LogP contribution in [-0.4, -0.2) is 4.98 Å². The second-order valence-corrected chi connectivity index (χ2v) is 5.32. The van der Waals surface area contributed by atoms with Crippen molar-refractivity contribution < 1.29 is 4.39 Å². The summed E-state index contributed by atoms with van der Waals surface area (Å²) < 4.78 is 13.8. The normalized spacial score (nSPS) is 12.5. The van der Waals surface area contributed by atoms with Crippen molar-refractivity contribution in [3.05, 3.63) is 77.4 Å². The monoisotopic (exact) mass is 280 g/mol. The van der Waals surface area contributed by atoms with E-state index in [1.165, 1.54) is 6.07 Å². The highest BCUT2D eigenvalue weighted by atomic mass is 19.1. The molecule has 0 saturated carbocycles. The minimum Gasteiger partial charge on any atom is -0.324 e. The minimum absolute atomic E-state index is 0.203. The topological polar surface area (TPSA) is 38.9 Å². The molecular formula is C18H17FN2. The number of nitrogens with zero attached hydrogens (tertiary/aromatic N) is 1. The highest BCUT2D eigenvalue weighted by Gasteiger charge is 2.13. The molecule has 0 aliphatic rings. The Balaban J connectivity index is 1.96. The van der Waals surface area contributed by atoms with Crippen LogP contribution in [-0.2, 0) is 6.42 Å². The number of halogens is 1. The van der Waals surface area contributed by atoms with Crippen LogP contribution in [0.4, 0.5) is 4.39 Å². The Morgan fingerprint density at radius 1 is 1.05 bits per heavy atom. The summed E-state index contributed by atoms with van der Waals surface area (Å²) in [5, 5.41) is 1.49. The maximum Gasteiger partial charge on any atom is 0.131 e. The first-order valence-electron chi connectivity index (χ1n) is 6.99. The standard InChI is InChI=1S/C18H17FN2/c1-12-6-7-13(21-11-12)10-18(20)16-8-9-17(19)15-5-3-2-4-14(15)16/h2-9,11,18H,10,20H2,1H3. The fourth-order valence-electron chi connectivity index (χ4n) is 2.56. The summed E-state index contributed by atoms with van der Waals surface area (Å²) in [6.07, 6.45) is 2.47. The molecule has 0 spiro atoms. The van der Waals surface area contributed by atoms with Crippen LogP contribution < -0.4 is 5.73 Å². The molecule has 0 radical (unpaired) electrons. The van der Waals surface area contributed by atoms with Crippen LogP contribution in [0.25, 0.3) is 10.8 Å². The maximum atomic E-state index is 13.8. The molecule has 0 saturated heterocycles. The molecular weight excluding hydrogens is 263 g/mol. The van der Waals surface area contributed by atoms with Gasteiger partial charge in [0.25, 0.3) is 0 Å². The van der Waals surface area contributed by atoms with Gasteiger partial charge in [-0.3, -0.25) is 4.98 Å². The Bertz CT molecular complexity index is 766. The molecule has 3 heteroatoms. The lowest BCUT2D eigenvalue weighted by Crippen LogP contribution is -2.14. The number of aromatic nitrogens is 1. The van der Waals surface area contributed by atoms with E-state index < -0.39 is 0 Å². The number of hydrogen-bond donors (Lipinski definition) is 1. The molecule has 2 N–H and O–H groups in total. The molecule has 3 aromatic rings. The van der Waals surface area contributed by atoms with Gasteiger partial charge in [0.15, 0.2) is 0 Å². The molecule has 3 rings (SSSR count). The van der Waals surface area contributed by atoms with Gasteiger partial charge in [-0.1, -0.05) is 36.4 Å². The van der Waals surface area contributed by atoms with Crippen LogP contribution >= 0.6 is 0 Å². The molecule has 0 aliphatic carbocycles. The van der Waals surface area contributed by atoms with Crippen molar-refractivity contribution >= 4 is 10.8 Å². The Morgan fingerprint density at radius 2 is 1.81 bits per heavy atom. The van der Waals surface area contributed by atoms with Crippen molar-refractivity contribution in [3.8, 4) is 0 Å². The summed E-state index contributed by atoms with van der Waals surface area (Å²) in [5.74, 6) is -0.213. The van der Waals surface area contributed by atoms with Gasteiger partial charge >= 0.3 is 0 Å². The number of aryl methyl sites for hydroxylation is 1. The Morgan fingerprint density at radius 3 is 2.52 bits per heavy atom. The molecule has 1 heterocycles. The summed E-state index contributed by atoms with van der Waals surface area (Å²) in [6.45, 7) is 2.00. The van der Waals surface area contributed by atoms with Crippen molar-refractivity contribution in [2.24, 2.45) is 5.73 Å². The molecule has 0 fully saturated rings. The van der Waals surface area contributed by atoms with Crippen LogP contribution in [0.5, 0.6) is 0 Å². The Kier molecular flexibility index (Phi) is 3.67. The Labute approximate surface area is 123 Å². The van der Waals surface area contributed by atoms with Gasteiger partial charge in [-0.25, -0.2) is 4.39 Å². The predicted molar refractivity (Wildman–Crippen MR) is 83.5 cm³/mol. The molecule has 2 aromatic carbocycles. The van der Waals surface area contributed by atoms with Gasteiger partial charge in [0.2, 0.25) is 0 Å². The van der Waals surface area contributed by atoms with Crippen molar-refractivity contribution in [1.29, 1.82) is 0 Å². The van der Waals surface area contributed by atoms with Crippen LogP contribution in [0.3, 0.4) is 0 Å². The number of fused-ring (bicyclic) bond motifs is 1. The largest absolute Gasteiger partial charge is 0.324 e. The average Bonchev–Trinajstić information content (AvgIpc) is 2.50. The molecule has 0 bridgehead atoms. The van der Waals surface area contributed by atoms with Crippen LogP contribution in [0.15, 0.2) is 54.7 Å². The number of hydrogen-bond acceptors (Lipinski definition) is 2. The fourth-order valence-corrected chi connectivity index (χ4v) is 2.56. The quantitative estimate of drug-likeness (QED) is 0.789. The average molecular weight is 280 g/mol. The first-order chi connectivity index (χ1) is 10.1. The van der Waals surface area contributed by atoms with Crippen LogP contribution in [0.2, 0.25) is 0 Å². The summed E-state index contributed by atoms with van der Waals surface area (Å²) in [6, 6.07) is 14.5. The van der Waals surface area contributed by atoms with E-state index in [0.717, 1.165) is 22.2 Å². The first kappa shape index (κ1) is 13.7. The third-order valence-corrected chi connectivity index (χ3v) is 3.71. The van der Waals surface area contributed by atoms with Crippen LogP contribution in [0.1, 0.15) is 22.9 Å². The summed E-state index contributed by atoms with van der Waals surface area (Å²) in [4.78, 5) is 4.39. The molecule has 21 heavy (non-hydrogen) atoms. The summed E-state index contributed by atoms with van der Waals surface area (Å²) >= 11 is 0. The molecule has 1 atom stereocenters. The molecule has 1 aromatic heterocycles. The van der Waals surface area contributed by atoms with Gasteiger partial charge in [-0.15, -0.1) is 0 Å². The fraction of sp³-hybridized carbons (Fsp3) is 0.167. The maximum absolute atomic E-state index is 13.8. The highest BCUT2D eigenvalue weighted by molar-refractivity contribution is 5.86. The molecule has 1 unspecified atom stereocenters. The van der Waals surface area contributed by atoms with Crippen molar-refractivity contribution in [2.45, 2.75) is 19.4 Å². The zero-order valence-electron chi connectivity index (χ0n) is 11.9. The first-order valence-corrected chi connectivity index (χ1v) is 6.99. The van der Waals surface area contributed by atoms with Gasteiger partial charge in [0, 0.05) is 29.7 Å². The van der Waals surface area contributed by atoms with E-state index in [-0.39, 0.29) is 11.9 Å². The van der Waals surface area contributed by atoms with E-state index in [2.05, 4.69) is 4.98 Å². The van der Waals surface area contributed by atoms with Crippen molar-refractivity contribution in [3.63, 3.8) is 0 Å². The zero-order chi connectivity index (χ0) is 14.8. The van der Waals surface area contributed by atoms with Gasteiger partial charge < -0.3 is 5.73 Å². The second-order valence-electron chi connectivity index (χ2n) is 5.32. The molecule has 2 nitrogen and oxygen atoms in total. The minimum atomic E-state index is -0.213. The van der Waals surface area contributed by atoms with E-state index in [9.17, 15) is 4.39 Å². The van der Waals surface area contributed by atoms with Crippen LogP contribution in [0, 0.1) is 12.7 Å². The van der Waals surface area contributed by atoms with E-state index in [1.807, 2.05) is 43.5 Å². The van der Waals surface area contributed by atoms with Crippen molar-refractivity contribution in [2.75, 3.05) is 0 Å². The lowest BCUT2D eigenvalue weighted by atomic mass is 9.96. The van der Waals surface area contributed by atoms with E-state index in [0.29, 0.717) is 11.8 Å². The van der Waals surface area contributed by atoms with Gasteiger partial charge in [0.05, 0.1) is 0 Å². The Hall–Kier alpha value is -2.26. The summed E-state index contributed by atoms with van der Waals surface area (Å²) in [5.41, 5.74) is 9.34. The molecule has 0 aliphatic heterocycles. The number of nitrogens with two attached hydrogens (primary N) is 1. The molecule has 0 amide bonds.